The molecule has 1 aromatic carbocycles. The van der Waals surface area contributed by atoms with Gasteiger partial charge in [0.05, 0.1) is 17.6 Å². The molecule has 2 amide bonds. The Labute approximate surface area is 117 Å². The van der Waals surface area contributed by atoms with Crippen molar-refractivity contribution in [1.29, 1.82) is 5.26 Å². The molecule has 0 spiro atoms. The van der Waals surface area contributed by atoms with Crippen LogP contribution in [0.2, 0.25) is 0 Å². The van der Waals surface area contributed by atoms with Crippen molar-refractivity contribution in [2.24, 2.45) is 5.92 Å². The highest BCUT2D eigenvalue weighted by molar-refractivity contribution is 5.89. The summed E-state index contributed by atoms with van der Waals surface area (Å²) in [6.45, 7) is 1.97. The second kappa shape index (κ2) is 7.79. The van der Waals surface area contributed by atoms with Crippen molar-refractivity contribution in [1.82, 2.24) is 5.32 Å². The van der Waals surface area contributed by atoms with Gasteiger partial charge in [0, 0.05) is 12.2 Å². The van der Waals surface area contributed by atoms with Crippen LogP contribution >= 0.6 is 0 Å². The summed E-state index contributed by atoms with van der Waals surface area (Å²) in [5.74, 6) is -1.50. The van der Waals surface area contributed by atoms with Gasteiger partial charge in [-0.05, 0) is 24.6 Å². The minimum Gasteiger partial charge on any atom is -0.481 e. The van der Waals surface area contributed by atoms with Crippen molar-refractivity contribution >= 4 is 17.7 Å². The standard InChI is InChI=1S/C14H17N3O3/c1-2-4-11(13(18)19)9-16-14(20)17-12-6-3-5-10(7-12)8-15/h3,5-7,11H,2,4,9H2,1H3,(H,18,19)(H2,16,17,20). The van der Waals surface area contributed by atoms with Gasteiger partial charge in [-0.25, -0.2) is 4.79 Å². The minimum absolute atomic E-state index is 0.0763. The number of aliphatic carboxylic acids is 1. The van der Waals surface area contributed by atoms with Gasteiger partial charge in [-0.3, -0.25) is 4.79 Å². The van der Waals surface area contributed by atoms with Gasteiger partial charge in [0.2, 0.25) is 0 Å². The number of nitriles is 1. The molecule has 1 unspecified atom stereocenters. The van der Waals surface area contributed by atoms with Crippen LogP contribution in [0.5, 0.6) is 0 Å². The number of benzene rings is 1. The highest BCUT2D eigenvalue weighted by atomic mass is 16.4. The third kappa shape index (κ3) is 4.98. The van der Waals surface area contributed by atoms with Gasteiger partial charge < -0.3 is 15.7 Å². The van der Waals surface area contributed by atoms with Gasteiger partial charge in [-0.2, -0.15) is 5.26 Å². The molecule has 0 aliphatic carbocycles. The Bertz CT molecular complexity index is 523. The molecule has 1 atom stereocenters. The second-order valence-corrected chi connectivity index (χ2v) is 4.35. The number of nitrogens with zero attached hydrogens (tertiary/aromatic N) is 1. The van der Waals surface area contributed by atoms with Crippen molar-refractivity contribution in [3.63, 3.8) is 0 Å². The summed E-state index contributed by atoms with van der Waals surface area (Å²) in [5, 5.41) is 22.8. The number of carboxylic acid groups (broad SMARTS) is 1. The lowest BCUT2D eigenvalue weighted by atomic mass is 10.0. The third-order valence-corrected chi connectivity index (χ3v) is 2.74. The summed E-state index contributed by atoms with van der Waals surface area (Å²) >= 11 is 0. The van der Waals surface area contributed by atoms with E-state index in [2.05, 4.69) is 10.6 Å². The average molecular weight is 275 g/mol. The van der Waals surface area contributed by atoms with Crippen LogP contribution in [0.4, 0.5) is 10.5 Å². The maximum absolute atomic E-state index is 11.6. The number of rotatable bonds is 6. The molecule has 1 aromatic rings. The molecular weight excluding hydrogens is 258 g/mol. The van der Waals surface area contributed by atoms with Gasteiger partial charge in [0.25, 0.3) is 0 Å². The summed E-state index contributed by atoms with van der Waals surface area (Å²) in [6.07, 6.45) is 1.25. The molecule has 0 saturated heterocycles. The van der Waals surface area contributed by atoms with Gasteiger partial charge in [-0.15, -0.1) is 0 Å². The van der Waals surface area contributed by atoms with E-state index in [1.807, 2.05) is 13.0 Å². The fraction of sp³-hybridized carbons (Fsp3) is 0.357. The van der Waals surface area contributed by atoms with Gasteiger partial charge in [0.1, 0.15) is 0 Å². The predicted molar refractivity (Wildman–Crippen MR) is 74.2 cm³/mol. The molecule has 0 aromatic heterocycles. The van der Waals surface area contributed by atoms with E-state index in [1.54, 1.807) is 24.3 Å². The maximum atomic E-state index is 11.6. The summed E-state index contributed by atoms with van der Waals surface area (Å²) in [7, 11) is 0. The minimum atomic E-state index is -0.918. The summed E-state index contributed by atoms with van der Waals surface area (Å²) in [5.41, 5.74) is 0.932. The fourth-order valence-electron chi connectivity index (χ4n) is 1.72. The Kier molecular flexibility index (Phi) is 6.04. The van der Waals surface area contributed by atoms with Crippen molar-refractivity contribution in [2.75, 3.05) is 11.9 Å². The molecule has 0 aliphatic rings. The first-order valence-corrected chi connectivity index (χ1v) is 6.34. The SMILES string of the molecule is CCCC(CNC(=O)Nc1cccc(C#N)c1)C(=O)O. The van der Waals surface area contributed by atoms with E-state index in [9.17, 15) is 9.59 Å². The summed E-state index contributed by atoms with van der Waals surface area (Å²) < 4.78 is 0. The van der Waals surface area contributed by atoms with E-state index >= 15 is 0 Å². The Balaban J connectivity index is 2.51. The monoisotopic (exact) mass is 275 g/mol. The molecule has 0 heterocycles. The Hall–Kier alpha value is -2.55. The first kappa shape index (κ1) is 15.5. The van der Waals surface area contributed by atoms with Crippen molar-refractivity contribution < 1.29 is 14.7 Å². The number of nitrogens with one attached hydrogen (secondary N) is 2. The molecule has 0 bridgehead atoms. The van der Waals surface area contributed by atoms with Crippen molar-refractivity contribution in [3.8, 4) is 6.07 Å². The van der Waals surface area contributed by atoms with E-state index < -0.39 is 17.9 Å². The van der Waals surface area contributed by atoms with E-state index in [-0.39, 0.29) is 6.54 Å². The topological polar surface area (TPSA) is 102 Å². The van der Waals surface area contributed by atoms with Crippen LogP contribution in [0.25, 0.3) is 0 Å². The highest BCUT2D eigenvalue weighted by Crippen LogP contribution is 2.10. The Morgan fingerprint density at radius 1 is 1.45 bits per heavy atom. The highest BCUT2D eigenvalue weighted by Gasteiger charge is 2.17. The second-order valence-electron chi connectivity index (χ2n) is 4.35. The van der Waals surface area contributed by atoms with Crippen molar-refractivity contribution in [3.05, 3.63) is 29.8 Å². The molecule has 0 radical (unpaired) electrons. The number of urea groups is 1. The molecule has 3 N–H and O–H groups in total. The molecule has 0 saturated carbocycles. The predicted octanol–water partition coefficient (Wildman–Crippen LogP) is 2.18. The van der Waals surface area contributed by atoms with Crippen LogP contribution in [0, 0.1) is 17.2 Å². The Morgan fingerprint density at radius 3 is 2.80 bits per heavy atom. The van der Waals surface area contributed by atoms with Crippen LogP contribution in [0.3, 0.4) is 0 Å². The molecule has 6 heteroatoms. The Morgan fingerprint density at radius 2 is 2.20 bits per heavy atom. The number of carboxylic acids is 1. The largest absolute Gasteiger partial charge is 0.481 e. The molecular formula is C14H17N3O3. The lowest BCUT2D eigenvalue weighted by Crippen LogP contribution is -2.35. The normalized spacial score (nSPS) is 11.2. The zero-order valence-corrected chi connectivity index (χ0v) is 11.2. The number of hydrogen-bond acceptors (Lipinski definition) is 3. The smallest absolute Gasteiger partial charge is 0.319 e. The third-order valence-electron chi connectivity index (χ3n) is 2.74. The lowest BCUT2D eigenvalue weighted by molar-refractivity contribution is -0.141. The number of carbonyl (C=O) groups excluding carboxylic acids is 1. The van der Waals surface area contributed by atoms with Crippen LogP contribution in [-0.2, 0) is 4.79 Å². The zero-order chi connectivity index (χ0) is 15.0. The lowest BCUT2D eigenvalue weighted by Gasteiger charge is -2.13. The molecule has 6 nitrogen and oxygen atoms in total. The van der Waals surface area contributed by atoms with Crippen LogP contribution in [0.15, 0.2) is 24.3 Å². The van der Waals surface area contributed by atoms with Gasteiger partial charge in [0.15, 0.2) is 0 Å². The first-order chi connectivity index (χ1) is 9.56. The maximum Gasteiger partial charge on any atom is 0.319 e. The van der Waals surface area contributed by atoms with Crippen molar-refractivity contribution in [2.45, 2.75) is 19.8 Å². The molecule has 0 fully saturated rings. The molecule has 1 rings (SSSR count). The van der Waals surface area contributed by atoms with Crippen LogP contribution in [-0.4, -0.2) is 23.7 Å². The van der Waals surface area contributed by atoms with Crippen LogP contribution < -0.4 is 10.6 Å². The average Bonchev–Trinajstić information content (AvgIpc) is 2.43. The van der Waals surface area contributed by atoms with Crippen LogP contribution in [0.1, 0.15) is 25.3 Å². The van der Waals surface area contributed by atoms with E-state index in [1.165, 1.54) is 0 Å². The summed E-state index contributed by atoms with van der Waals surface area (Å²) in [4.78, 5) is 22.6. The molecule has 106 valence electrons. The van der Waals surface area contributed by atoms with Gasteiger partial charge >= 0.3 is 12.0 Å². The van der Waals surface area contributed by atoms with Gasteiger partial charge in [-0.1, -0.05) is 19.4 Å². The quantitative estimate of drug-likeness (QED) is 0.740. The fourth-order valence-corrected chi connectivity index (χ4v) is 1.72. The summed E-state index contributed by atoms with van der Waals surface area (Å²) in [6, 6.07) is 7.97. The number of amides is 2. The number of anilines is 1. The zero-order valence-electron chi connectivity index (χ0n) is 11.2. The number of hydrogen-bond donors (Lipinski definition) is 3. The number of carbonyl (C=O) groups is 2. The van der Waals surface area contributed by atoms with E-state index in [0.29, 0.717) is 17.7 Å². The molecule has 20 heavy (non-hydrogen) atoms. The first-order valence-electron chi connectivity index (χ1n) is 6.34. The molecule has 0 aliphatic heterocycles. The van der Waals surface area contributed by atoms with E-state index in [4.69, 9.17) is 10.4 Å². The van der Waals surface area contributed by atoms with E-state index in [0.717, 1.165) is 6.42 Å².